The van der Waals surface area contributed by atoms with E-state index in [1.807, 2.05) is 20.8 Å². The van der Waals surface area contributed by atoms with Gasteiger partial charge in [-0.15, -0.1) is 12.4 Å². The van der Waals surface area contributed by atoms with Crippen molar-refractivity contribution in [2.45, 2.75) is 26.8 Å². The molecule has 2 N–H and O–H groups in total. The van der Waals surface area contributed by atoms with E-state index < -0.39 is 0 Å². The topological polar surface area (TPSA) is 62.7 Å². The minimum Gasteiger partial charge on any atom is -0.354 e. The monoisotopic (exact) mass is 251 g/mol. The third-order valence-electron chi connectivity index (χ3n) is 1.36. The molecule has 0 radical (unpaired) electrons. The second-order valence-corrected chi connectivity index (χ2v) is 3.42. The summed E-state index contributed by atoms with van der Waals surface area (Å²) >= 11 is 5.73. The van der Waals surface area contributed by atoms with Gasteiger partial charge in [0, 0.05) is 12.6 Å². The molecular weight excluding hydrogens is 237 g/mol. The first-order chi connectivity index (χ1) is 6.61. The summed E-state index contributed by atoms with van der Waals surface area (Å²) in [7, 11) is 0. The Balaban J connectivity index is 0.00000196. The quantitative estimate of drug-likeness (QED) is 0.860. The maximum Gasteiger partial charge on any atom is 0.228 e. The van der Waals surface area contributed by atoms with E-state index in [0.717, 1.165) is 6.54 Å². The fraction of sp³-hybridized carbons (Fsp3) is 0.625. The van der Waals surface area contributed by atoms with Crippen LogP contribution in [0, 0.1) is 0 Å². The zero-order valence-corrected chi connectivity index (χ0v) is 10.5. The molecular formula is C8H15Cl2N5. The van der Waals surface area contributed by atoms with Crippen molar-refractivity contribution >= 4 is 35.9 Å². The molecule has 0 atom stereocenters. The number of nitrogens with zero attached hydrogens (tertiary/aromatic N) is 3. The van der Waals surface area contributed by atoms with Crippen molar-refractivity contribution in [3.05, 3.63) is 5.28 Å². The van der Waals surface area contributed by atoms with Crippen LogP contribution >= 0.6 is 24.0 Å². The summed E-state index contributed by atoms with van der Waals surface area (Å²) in [6.07, 6.45) is 0. The molecule has 1 heterocycles. The minimum absolute atomic E-state index is 0. The van der Waals surface area contributed by atoms with E-state index in [-0.39, 0.29) is 23.7 Å². The first-order valence-corrected chi connectivity index (χ1v) is 4.91. The molecule has 0 amide bonds. The highest BCUT2D eigenvalue weighted by molar-refractivity contribution is 6.28. The van der Waals surface area contributed by atoms with Gasteiger partial charge in [0.1, 0.15) is 0 Å². The minimum atomic E-state index is 0. The Kier molecular flexibility index (Phi) is 6.27. The number of hydrogen-bond acceptors (Lipinski definition) is 5. The third kappa shape index (κ3) is 4.99. The van der Waals surface area contributed by atoms with Gasteiger partial charge < -0.3 is 10.6 Å². The van der Waals surface area contributed by atoms with Crippen molar-refractivity contribution in [2.75, 3.05) is 17.2 Å². The number of hydrogen-bond donors (Lipinski definition) is 2. The summed E-state index contributed by atoms with van der Waals surface area (Å²) in [5, 5.41) is 6.23. The van der Waals surface area contributed by atoms with Crippen LogP contribution in [0.1, 0.15) is 20.8 Å². The van der Waals surface area contributed by atoms with Crippen LogP contribution in [0.2, 0.25) is 5.28 Å². The molecule has 0 aromatic carbocycles. The fourth-order valence-electron chi connectivity index (χ4n) is 0.910. The molecule has 0 bridgehead atoms. The highest BCUT2D eigenvalue weighted by Gasteiger charge is 2.04. The largest absolute Gasteiger partial charge is 0.354 e. The molecule has 0 aliphatic carbocycles. The van der Waals surface area contributed by atoms with Crippen LogP contribution in [0.5, 0.6) is 0 Å². The Labute approximate surface area is 100 Å². The molecule has 0 unspecified atom stereocenters. The summed E-state index contributed by atoms with van der Waals surface area (Å²) in [5.74, 6) is 0.992. The van der Waals surface area contributed by atoms with Crippen LogP contribution < -0.4 is 10.6 Å². The van der Waals surface area contributed by atoms with Crippen molar-refractivity contribution in [1.29, 1.82) is 0 Å². The Morgan fingerprint density at radius 1 is 1.20 bits per heavy atom. The molecule has 5 nitrogen and oxygen atoms in total. The Morgan fingerprint density at radius 3 is 2.33 bits per heavy atom. The molecule has 15 heavy (non-hydrogen) atoms. The average molecular weight is 252 g/mol. The molecule has 0 fully saturated rings. The summed E-state index contributed by atoms with van der Waals surface area (Å²) in [5.41, 5.74) is 0. The van der Waals surface area contributed by atoms with E-state index in [1.165, 1.54) is 0 Å². The zero-order chi connectivity index (χ0) is 10.6. The molecule has 1 aromatic heterocycles. The number of rotatable bonds is 4. The molecule has 0 aliphatic rings. The maximum atomic E-state index is 5.73. The number of aromatic nitrogens is 3. The average Bonchev–Trinajstić information content (AvgIpc) is 2.01. The van der Waals surface area contributed by atoms with E-state index >= 15 is 0 Å². The van der Waals surface area contributed by atoms with E-state index in [2.05, 4.69) is 25.6 Å². The lowest BCUT2D eigenvalue weighted by Gasteiger charge is -2.09. The second kappa shape index (κ2) is 6.63. The van der Waals surface area contributed by atoms with Crippen molar-refractivity contribution in [1.82, 2.24) is 15.0 Å². The Morgan fingerprint density at radius 2 is 1.80 bits per heavy atom. The van der Waals surface area contributed by atoms with Gasteiger partial charge in [-0.3, -0.25) is 0 Å². The maximum absolute atomic E-state index is 5.73. The lowest BCUT2D eigenvalue weighted by atomic mass is 10.4. The van der Waals surface area contributed by atoms with Gasteiger partial charge in [0.25, 0.3) is 0 Å². The van der Waals surface area contributed by atoms with Crippen molar-refractivity contribution < 1.29 is 0 Å². The normalized spacial score (nSPS) is 9.67. The van der Waals surface area contributed by atoms with Gasteiger partial charge in [0.15, 0.2) is 0 Å². The fourth-order valence-corrected chi connectivity index (χ4v) is 1.07. The number of anilines is 2. The Bertz CT molecular complexity index is 305. The Hall–Kier alpha value is -0.810. The molecule has 1 rings (SSSR count). The number of nitrogens with one attached hydrogen (secondary N) is 2. The molecule has 0 saturated carbocycles. The molecule has 0 spiro atoms. The summed E-state index contributed by atoms with van der Waals surface area (Å²) in [6.45, 7) is 6.73. The van der Waals surface area contributed by atoms with Gasteiger partial charge in [-0.05, 0) is 32.4 Å². The van der Waals surface area contributed by atoms with Crippen molar-refractivity contribution in [3.63, 3.8) is 0 Å². The van der Waals surface area contributed by atoms with Gasteiger partial charge in [-0.1, -0.05) is 0 Å². The van der Waals surface area contributed by atoms with Gasteiger partial charge in [0.2, 0.25) is 17.2 Å². The first-order valence-electron chi connectivity index (χ1n) is 4.53. The van der Waals surface area contributed by atoms with Crippen LogP contribution in [0.15, 0.2) is 0 Å². The van der Waals surface area contributed by atoms with Gasteiger partial charge >= 0.3 is 0 Å². The predicted molar refractivity (Wildman–Crippen MR) is 65.0 cm³/mol. The van der Waals surface area contributed by atoms with Gasteiger partial charge in [-0.2, -0.15) is 15.0 Å². The lowest BCUT2D eigenvalue weighted by molar-refractivity contribution is 0.866. The zero-order valence-electron chi connectivity index (χ0n) is 8.91. The highest BCUT2D eigenvalue weighted by atomic mass is 35.5. The molecule has 0 saturated heterocycles. The molecule has 86 valence electrons. The van der Waals surface area contributed by atoms with Crippen LogP contribution in [0.3, 0.4) is 0 Å². The third-order valence-corrected chi connectivity index (χ3v) is 1.53. The van der Waals surface area contributed by atoms with E-state index in [9.17, 15) is 0 Å². The van der Waals surface area contributed by atoms with E-state index in [4.69, 9.17) is 11.6 Å². The van der Waals surface area contributed by atoms with Crippen LogP contribution in [0.4, 0.5) is 11.9 Å². The summed E-state index contributed by atoms with van der Waals surface area (Å²) in [4.78, 5) is 12.0. The van der Waals surface area contributed by atoms with Crippen LogP contribution in [0.25, 0.3) is 0 Å². The molecule has 0 aliphatic heterocycles. The lowest BCUT2D eigenvalue weighted by Crippen LogP contribution is -2.14. The summed E-state index contributed by atoms with van der Waals surface area (Å²) < 4.78 is 0. The SMILES string of the molecule is CCNc1nc(Cl)nc(NC(C)C)n1.Cl. The van der Waals surface area contributed by atoms with Gasteiger partial charge in [-0.25, -0.2) is 0 Å². The standard InChI is InChI=1S/C8H14ClN5.ClH/c1-4-10-7-12-6(9)13-8(14-7)11-5(2)3;/h5H,4H2,1-3H3,(H2,10,11,12,13,14);1H. The second-order valence-electron chi connectivity index (χ2n) is 3.08. The predicted octanol–water partition coefficient (Wildman–Crippen LogP) is 2.20. The first kappa shape index (κ1) is 14.2. The molecule has 1 aromatic rings. The van der Waals surface area contributed by atoms with Crippen LogP contribution in [-0.4, -0.2) is 27.5 Å². The smallest absolute Gasteiger partial charge is 0.228 e. The van der Waals surface area contributed by atoms with Crippen molar-refractivity contribution in [2.24, 2.45) is 0 Å². The molecule has 7 heteroatoms. The number of halogens is 2. The van der Waals surface area contributed by atoms with E-state index in [0.29, 0.717) is 11.9 Å². The van der Waals surface area contributed by atoms with Crippen LogP contribution in [-0.2, 0) is 0 Å². The van der Waals surface area contributed by atoms with E-state index in [1.54, 1.807) is 0 Å². The van der Waals surface area contributed by atoms with Gasteiger partial charge in [0.05, 0.1) is 0 Å². The highest BCUT2D eigenvalue weighted by Crippen LogP contribution is 2.09. The van der Waals surface area contributed by atoms with Crippen molar-refractivity contribution in [3.8, 4) is 0 Å². The summed E-state index contributed by atoms with van der Waals surface area (Å²) in [6, 6.07) is 0.267.